The number of ether oxygens (including phenoxy) is 4. The molecule has 9 unspecified atom stereocenters. The summed E-state index contributed by atoms with van der Waals surface area (Å²) in [6.45, 7) is -0.622. The number of rotatable bonds is 7. The Labute approximate surface area is 195 Å². The van der Waals surface area contributed by atoms with E-state index in [1.54, 1.807) is 30.3 Å². The van der Waals surface area contributed by atoms with Crippen molar-refractivity contribution in [2.24, 2.45) is 17.8 Å². The highest BCUT2D eigenvalue weighted by molar-refractivity contribution is 5.89. The number of aliphatic hydroxyl groups is 4. The van der Waals surface area contributed by atoms with Crippen molar-refractivity contribution in [3.8, 4) is 0 Å². The molecule has 0 bridgehead atoms. The van der Waals surface area contributed by atoms with Crippen LogP contribution in [0.3, 0.4) is 0 Å². The highest BCUT2D eigenvalue weighted by Gasteiger charge is 2.52. The van der Waals surface area contributed by atoms with Gasteiger partial charge in [-0.05, 0) is 25.0 Å². The number of fused-ring (bicyclic) bond motifs is 1. The van der Waals surface area contributed by atoms with Crippen LogP contribution in [0.25, 0.3) is 0 Å². The van der Waals surface area contributed by atoms with Gasteiger partial charge in [0.2, 0.25) is 6.29 Å². The molecule has 0 radical (unpaired) electrons. The average Bonchev–Trinajstić information content (AvgIpc) is 3.27. The van der Waals surface area contributed by atoms with Crippen molar-refractivity contribution < 1.29 is 54.1 Å². The van der Waals surface area contributed by atoms with E-state index in [0.717, 1.165) is 6.26 Å². The van der Waals surface area contributed by atoms with Crippen LogP contribution >= 0.6 is 0 Å². The van der Waals surface area contributed by atoms with Gasteiger partial charge in [0.05, 0.1) is 30.6 Å². The summed E-state index contributed by atoms with van der Waals surface area (Å²) in [7, 11) is 0. The number of carboxylic acid groups (broad SMARTS) is 1. The smallest absolute Gasteiger partial charge is 0.338 e. The van der Waals surface area contributed by atoms with Crippen LogP contribution in [0.1, 0.15) is 23.2 Å². The first-order chi connectivity index (χ1) is 16.3. The molecule has 2 fully saturated rings. The predicted molar refractivity (Wildman–Crippen MR) is 112 cm³/mol. The molecule has 9 atom stereocenters. The van der Waals surface area contributed by atoms with E-state index in [1.807, 2.05) is 0 Å². The van der Waals surface area contributed by atoms with Gasteiger partial charge in [0.15, 0.2) is 6.29 Å². The van der Waals surface area contributed by atoms with Gasteiger partial charge in [0.1, 0.15) is 24.4 Å². The highest BCUT2D eigenvalue weighted by Crippen LogP contribution is 2.47. The molecule has 5 N–H and O–H groups in total. The van der Waals surface area contributed by atoms with E-state index in [4.69, 9.17) is 18.9 Å². The van der Waals surface area contributed by atoms with E-state index in [9.17, 15) is 35.1 Å². The maximum atomic E-state index is 12.4. The van der Waals surface area contributed by atoms with Crippen LogP contribution in [0.15, 0.2) is 42.2 Å². The van der Waals surface area contributed by atoms with Crippen molar-refractivity contribution in [3.63, 3.8) is 0 Å². The van der Waals surface area contributed by atoms with Gasteiger partial charge in [0, 0.05) is 17.8 Å². The Hall–Kier alpha value is -2.54. The molecule has 1 saturated heterocycles. The van der Waals surface area contributed by atoms with E-state index >= 15 is 0 Å². The van der Waals surface area contributed by atoms with Crippen LogP contribution in [-0.2, 0) is 23.7 Å². The maximum Gasteiger partial charge on any atom is 0.338 e. The molecule has 4 rings (SSSR count). The summed E-state index contributed by atoms with van der Waals surface area (Å²) in [5.74, 6) is -2.96. The fourth-order valence-electron chi connectivity index (χ4n) is 4.88. The highest BCUT2D eigenvalue weighted by atomic mass is 16.8. The second kappa shape index (κ2) is 10.4. The molecule has 11 heteroatoms. The van der Waals surface area contributed by atoms with E-state index in [-0.39, 0.29) is 18.1 Å². The normalized spacial score (nSPS) is 37.3. The molecular formula is C23H28O11. The van der Waals surface area contributed by atoms with Gasteiger partial charge in [-0.2, -0.15) is 0 Å². The number of carboxylic acids is 1. The third kappa shape index (κ3) is 4.81. The van der Waals surface area contributed by atoms with Gasteiger partial charge in [0.25, 0.3) is 0 Å². The first-order valence-electron chi connectivity index (χ1n) is 11.1. The van der Waals surface area contributed by atoms with Gasteiger partial charge in [-0.3, -0.25) is 0 Å². The van der Waals surface area contributed by atoms with Crippen LogP contribution in [-0.4, -0.2) is 87.7 Å². The van der Waals surface area contributed by atoms with Gasteiger partial charge >= 0.3 is 11.9 Å². The number of carbonyl (C=O) groups excluding carboxylic acids is 1. The minimum absolute atomic E-state index is 0.000303. The Kier molecular flexibility index (Phi) is 7.51. The standard InChI is InChI=1S/C23H28O11/c24-8-15-17(25)18(26)19(27)23(33-15)34-22-16-12(6-7-13(16)14(10-32-22)20(28)29)9-31-21(30)11-4-2-1-3-5-11/h1-5,10,12-13,15-19,22-27H,6-9H2,(H,28,29). The number of aliphatic carboxylic acids is 1. The lowest BCUT2D eigenvalue weighted by atomic mass is 9.83. The van der Waals surface area contributed by atoms with E-state index in [1.165, 1.54) is 0 Å². The van der Waals surface area contributed by atoms with Crippen LogP contribution in [0.5, 0.6) is 0 Å². The number of hydrogen-bond donors (Lipinski definition) is 5. The van der Waals surface area contributed by atoms with Gasteiger partial charge in [-0.15, -0.1) is 0 Å². The summed E-state index contributed by atoms with van der Waals surface area (Å²) in [5, 5.41) is 49.3. The quantitative estimate of drug-likeness (QED) is 0.322. The Bertz CT molecular complexity index is 901. The van der Waals surface area contributed by atoms with E-state index < -0.39 is 67.4 Å². The summed E-state index contributed by atoms with van der Waals surface area (Å²) >= 11 is 0. The van der Waals surface area contributed by atoms with Crippen LogP contribution in [0.2, 0.25) is 0 Å². The van der Waals surface area contributed by atoms with Crippen LogP contribution in [0, 0.1) is 17.8 Å². The minimum Gasteiger partial charge on any atom is -0.478 e. The molecule has 1 saturated carbocycles. The number of benzene rings is 1. The van der Waals surface area contributed by atoms with Crippen molar-refractivity contribution >= 4 is 11.9 Å². The number of hydrogen-bond acceptors (Lipinski definition) is 10. The fraction of sp³-hybridized carbons (Fsp3) is 0.565. The lowest BCUT2D eigenvalue weighted by Gasteiger charge is -2.43. The lowest BCUT2D eigenvalue weighted by molar-refractivity contribution is -0.342. The predicted octanol–water partition coefficient (Wildman–Crippen LogP) is -0.373. The Balaban J connectivity index is 1.50. The molecule has 2 heterocycles. The summed E-state index contributed by atoms with van der Waals surface area (Å²) in [6.07, 6.45) is -6.39. The molecule has 1 aromatic carbocycles. The van der Waals surface area contributed by atoms with Gasteiger partial charge in [-0.1, -0.05) is 18.2 Å². The molecule has 1 aliphatic carbocycles. The van der Waals surface area contributed by atoms with Crippen molar-refractivity contribution in [1.29, 1.82) is 0 Å². The first kappa shape index (κ1) is 24.6. The van der Waals surface area contributed by atoms with Gasteiger partial charge in [-0.25, -0.2) is 9.59 Å². The third-order valence-electron chi connectivity index (χ3n) is 6.70. The summed E-state index contributed by atoms with van der Waals surface area (Å²) < 4.78 is 22.3. The molecule has 0 amide bonds. The molecule has 3 aliphatic rings. The molecule has 2 aliphatic heterocycles. The van der Waals surface area contributed by atoms with Crippen molar-refractivity contribution in [1.82, 2.24) is 0 Å². The summed E-state index contributed by atoms with van der Waals surface area (Å²) in [5.41, 5.74) is 0.452. The largest absolute Gasteiger partial charge is 0.478 e. The second-order valence-electron chi connectivity index (χ2n) is 8.70. The van der Waals surface area contributed by atoms with Crippen molar-refractivity contribution in [2.45, 2.75) is 49.8 Å². The molecule has 186 valence electrons. The number of carbonyl (C=O) groups is 2. The monoisotopic (exact) mass is 480 g/mol. The first-order valence-corrected chi connectivity index (χ1v) is 11.1. The van der Waals surface area contributed by atoms with Crippen LogP contribution < -0.4 is 0 Å². The molecule has 11 nitrogen and oxygen atoms in total. The number of aliphatic hydroxyl groups excluding tert-OH is 4. The fourth-order valence-corrected chi connectivity index (χ4v) is 4.88. The summed E-state index contributed by atoms with van der Waals surface area (Å²) in [4.78, 5) is 24.1. The zero-order chi connectivity index (χ0) is 24.4. The zero-order valence-electron chi connectivity index (χ0n) is 18.2. The molecule has 34 heavy (non-hydrogen) atoms. The third-order valence-corrected chi connectivity index (χ3v) is 6.70. The van der Waals surface area contributed by atoms with Crippen molar-refractivity contribution in [3.05, 3.63) is 47.7 Å². The minimum atomic E-state index is -1.64. The topological polar surface area (TPSA) is 172 Å². The van der Waals surface area contributed by atoms with Crippen LogP contribution in [0.4, 0.5) is 0 Å². The van der Waals surface area contributed by atoms with Crippen molar-refractivity contribution in [2.75, 3.05) is 13.2 Å². The Morgan fingerprint density at radius 3 is 2.41 bits per heavy atom. The molecule has 1 aromatic rings. The molecular weight excluding hydrogens is 452 g/mol. The van der Waals surface area contributed by atoms with E-state index in [0.29, 0.717) is 18.4 Å². The Morgan fingerprint density at radius 2 is 1.74 bits per heavy atom. The number of esters is 1. The Morgan fingerprint density at radius 1 is 1.00 bits per heavy atom. The maximum absolute atomic E-state index is 12.4. The lowest BCUT2D eigenvalue weighted by Crippen LogP contribution is -2.60. The molecule has 0 aromatic heterocycles. The second-order valence-corrected chi connectivity index (χ2v) is 8.70. The summed E-state index contributed by atoms with van der Waals surface area (Å²) in [6, 6.07) is 8.45. The van der Waals surface area contributed by atoms with Gasteiger partial charge < -0.3 is 44.5 Å². The average molecular weight is 480 g/mol. The zero-order valence-corrected chi connectivity index (χ0v) is 18.2. The SMILES string of the molecule is O=C(O)C1=COC(OC2OC(CO)C(O)C(O)C2O)C2C(COC(=O)c3ccccc3)CCC12. The van der Waals surface area contributed by atoms with E-state index in [2.05, 4.69) is 0 Å². The molecule has 0 spiro atoms.